The SMILES string of the molecule is Nc1c2c(-c3ccccc3F)nc(N3CCC(Cc4ccccc4)CC3)nc2nn1-c1ccc(Cl)c(Cl)c1. The van der Waals surface area contributed by atoms with E-state index < -0.39 is 0 Å². The molecular formula is C29H25Cl2FN6. The average Bonchev–Trinajstić information content (AvgIpc) is 3.27. The van der Waals surface area contributed by atoms with E-state index in [1.54, 1.807) is 41.1 Å². The van der Waals surface area contributed by atoms with Crippen LogP contribution in [0.25, 0.3) is 28.0 Å². The van der Waals surface area contributed by atoms with Crippen LogP contribution in [0.5, 0.6) is 0 Å². The lowest BCUT2D eigenvalue weighted by Crippen LogP contribution is -2.35. The number of hydrogen-bond donors (Lipinski definition) is 1. The number of nitrogens with two attached hydrogens (primary N) is 1. The molecule has 6 nitrogen and oxygen atoms in total. The monoisotopic (exact) mass is 546 g/mol. The second-order valence-corrected chi connectivity index (χ2v) is 10.4. The molecule has 0 spiro atoms. The van der Waals surface area contributed by atoms with Crippen LogP contribution in [0, 0.1) is 11.7 Å². The van der Waals surface area contributed by atoms with Gasteiger partial charge in [0.15, 0.2) is 5.65 Å². The number of nitrogen functional groups attached to an aromatic ring is 1. The number of piperidine rings is 1. The summed E-state index contributed by atoms with van der Waals surface area (Å²) in [6.07, 6.45) is 3.09. The van der Waals surface area contributed by atoms with Crippen molar-refractivity contribution in [1.82, 2.24) is 19.7 Å². The van der Waals surface area contributed by atoms with Gasteiger partial charge in [0.25, 0.3) is 0 Å². The van der Waals surface area contributed by atoms with Crippen LogP contribution in [0.1, 0.15) is 18.4 Å². The highest BCUT2D eigenvalue weighted by Gasteiger charge is 2.26. The molecule has 0 bridgehead atoms. The molecule has 9 heteroatoms. The minimum absolute atomic E-state index is 0.296. The van der Waals surface area contributed by atoms with E-state index in [4.69, 9.17) is 38.9 Å². The summed E-state index contributed by atoms with van der Waals surface area (Å²) in [7, 11) is 0. The summed E-state index contributed by atoms with van der Waals surface area (Å²) in [6, 6.07) is 22.2. The lowest BCUT2D eigenvalue weighted by Gasteiger charge is -2.32. The van der Waals surface area contributed by atoms with Gasteiger partial charge in [-0.2, -0.15) is 4.98 Å². The van der Waals surface area contributed by atoms with Gasteiger partial charge in [0.1, 0.15) is 11.6 Å². The van der Waals surface area contributed by atoms with Crippen LogP contribution in [0.2, 0.25) is 10.0 Å². The summed E-state index contributed by atoms with van der Waals surface area (Å²) in [5.74, 6) is 1.02. The molecule has 1 aliphatic rings. The van der Waals surface area contributed by atoms with Crippen LogP contribution in [-0.4, -0.2) is 32.8 Å². The molecule has 2 N–H and O–H groups in total. The zero-order valence-corrected chi connectivity index (χ0v) is 22.0. The Labute approximate surface area is 229 Å². The molecule has 0 aliphatic carbocycles. The van der Waals surface area contributed by atoms with Gasteiger partial charge in [0.05, 0.1) is 26.8 Å². The first-order chi connectivity index (χ1) is 18.5. The lowest BCUT2D eigenvalue weighted by molar-refractivity contribution is 0.401. The van der Waals surface area contributed by atoms with Crippen LogP contribution in [-0.2, 0) is 6.42 Å². The molecular weight excluding hydrogens is 522 g/mol. The number of fused-ring (bicyclic) bond motifs is 1. The molecule has 192 valence electrons. The molecule has 1 fully saturated rings. The van der Waals surface area contributed by atoms with Gasteiger partial charge in [-0.15, -0.1) is 5.10 Å². The first kappa shape index (κ1) is 24.6. The minimum atomic E-state index is -0.387. The molecule has 0 unspecified atom stereocenters. The Morgan fingerprint density at radius 2 is 1.63 bits per heavy atom. The average molecular weight is 547 g/mol. The fraction of sp³-hybridized carbons (Fsp3) is 0.207. The number of aromatic nitrogens is 4. The highest BCUT2D eigenvalue weighted by atomic mass is 35.5. The van der Waals surface area contributed by atoms with Gasteiger partial charge in [-0.3, -0.25) is 0 Å². The first-order valence-corrected chi connectivity index (χ1v) is 13.3. The van der Waals surface area contributed by atoms with Gasteiger partial charge < -0.3 is 10.6 Å². The van der Waals surface area contributed by atoms with Gasteiger partial charge in [-0.05, 0) is 61.1 Å². The third-order valence-electron chi connectivity index (χ3n) is 7.10. The van der Waals surface area contributed by atoms with Crippen molar-refractivity contribution in [2.24, 2.45) is 5.92 Å². The summed E-state index contributed by atoms with van der Waals surface area (Å²) in [4.78, 5) is 11.8. The molecule has 2 aromatic heterocycles. The number of anilines is 2. The third kappa shape index (κ3) is 4.68. The molecule has 0 atom stereocenters. The maximum Gasteiger partial charge on any atom is 0.228 e. The largest absolute Gasteiger partial charge is 0.383 e. The van der Waals surface area contributed by atoms with Crippen molar-refractivity contribution in [1.29, 1.82) is 0 Å². The summed E-state index contributed by atoms with van der Waals surface area (Å²) >= 11 is 12.4. The maximum absolute atomic E-state index is 15.0. The van der Waals surface area contributed by atoms with E-state index in [0.717, 1.165) is 32.4 Å². The molecule has 6 rings (SSSR count). The molecule has 0 radical (unpaired) electrons. The zero-order valence-electron chi connectivity index (χ0n) is 20.5. The Morgan fingerprint density at radius 1 is 0.895 bits per heavy atom. The van der Waals surface area contributed by atoms with Crippen molar-refractivity contribution >= 4 is 46.0 Å². The second-order valence-electron chi connectivity index (χ2n) is 9.57. The van der Waals surface area contributed by atoms with Gasteiger partial charge in [0.2, 0.25) is 5.95 Å². The number of rotatable bonds is 5. The molecule has 0 amide bonds. The Kier molecular flexibility index (Phi) is 6.64. The summed E-state index contributed by atoms with van der Waals surface area (Å²) in [5, 5.41) is 5.98. The second kappa shape index (κ2) is 10.2. The smallest absolute Gasteiger partial charge is 0.228 e. The van der Waals surface area contributed by atoms with Crippen molar-refractivity contribution in [3.63, 3.8) is 0 Å². The molecule has 1 saturated heterocycles. The van der Waals surface area contributed by atoms with Gasteiger partial charge in [-0.25, -0.2) is 14.1 Å². The van der Waals surface area contributed by atoms with E-state index in [1.165, 1.54) is 11.6 Å². The van der Waals surface area contributed by atoms with Crippen molar-refractivity contribution in [2.45, 2.75) is 19.3 Å². The highest BCUT2D eigenvalue weighted by molar-refractivity contribution is 6.42. The Hall–Kier alpha value is -3.68. The van der Waals surface area contributed by atoms with Crippen LogP contribution < -0.4 is 10.6 Å². The topological polar surface area (TPSA) is 72.9 Å². The lowest BCUT2D eigenvalue weighted by atomic mass is 9.90. The number of hydrogen-bond acceptors (Lipinski definition) is 5. The van der Waals surface area contributed by atoms with Gasteiger partial charge >= 0.3 is 0 Å². The van der Waals surface area contributed by atoms with Crippen LogP contribution in [0.15, 0.2) is 72.8 Å². The Morgan fingerprint density at radius 3 is 2.37 bits per heavy atom. The van der Waals surface area contributed by atoms with Crippen molar-refractivity contribution in [2.75, 3.05) is 23.7 Å². The first-order valence-electron chi connectivity index (χ1n) is 12.5. The number of nitrogens with zero attached hydrogens (tertiary/aromatic N) is 5. The van der Waals surface area contributed by atoms with E-state index in [-0.39, 0.29) is 5.82 Å². The standard InChI is InChI=1S/C29H25Cl2FN6/c30-22-11-10-20(17-23(22)31)38-27(33)25-26(21-8-4-5-9-24(21)32)34-29(35-28(25)36-38)37-14-12-19(13-15-37)16-18-6-2-1-3-7-18/h1-11,17,19H,12-16,33H2. The highest BCUT2D eigenvalue weighted by Crippen LogP contribution is 2.36. The molecule has 5 aromatic rings. The Balaban J connectivity index is 1.39. The van der Waals surface area contributed by atoms with Crippen molar-refractivity contribution in [3.05, 3.63) is 94.2 Å². The summed E-state index contributed by atoms with van der Waals surface area (Å²) in [6.45, 7) is 1.62. The predicted molar refractivity (Wildman–Crippen MR) is 152 cm³/mol. The van der Waals surface area contributed by atoms with Crippen LogP contribution >= 0.6 is 23.2 Å². The normalized spacial score (nSPS) is 14.3. The molecule has 3 heterocycles. The minimum Gasteiger partial charge on any atom is -0.383 e. The molecule has 1 aliphatic heterocycles. The summed E-state index contributed by atoms with van der Waals surface area (Å²) < 4.78 is 16.6. The molecule has 38 heavy (non-hydrogen) atoms. The third-order valence-corrected chi connectivity index (χ3v) is 7.84. The fourth-order valence-corrected chi connectivity index (χ4v) is 5.38. The Bertz CT molecular complexity index is 1610. The number of halogens is 3. The van der Waals surface area contributed by atoms with E-state index in [1.807, 2.05) is 6.07 Å². The zero-order chi connectivity index (χ0) is 26.2. The van der Waals surface area contributed by atoms with Crippen LogP contribution in [0.4, 0.5) is 16.2 Å². The van der Waals surface area contributed by atoms with E-state index in [2.05, 4.69) is 34.3 Å². The molecule has 0 saturated carbocycles. The van der Waals surface area contributed by atoms with E-state index in [9.17, 15) is 0 Å². The van der Waals surface area contributed by atoms with Gasteiger partial charge in [-0.1, -0.05) is 65.7 Å². The van der Waals surface area contributed by atoms with Crippen molar-refractivity contribution in [3.8, 4) is 16.9 Å². The van der Waals surface area contributed by atoms with E-state index >= 15 is 4.39 Å². The summed E-state index contributed by atoms with van der Waals surface area (Å²) in [5.41, 5.74) is 9.71. The van der Waals surface area contributed by atoms with Crippen molar-refractivity contribution < 1.29 is 4.39 Å². The quantitative estimate of drug-likeness (QED) is 0.257. The number of benzene rings is 3. The van der Waals surface area contributed by atoms with E-state index in [0.29, 0.717) is 55.7 Å². The fourth-order valence-electron chi connectivity index (χ4n) is 5.09. The van der Waals surface area contributed by atoms with Crippen LogP contribution in [0.3, 0.4) is 0 Å². The predicted octanol–water partition coefficient (Wildman–Crippen LogP) is 6.97. The molecule has 3 aromatic carbocycles. The van der Waals surface area contributed by atoms with Gasteiger partial charge in [0, 0.05) is 18.7 Å². The maximum atomic E-state index is 15.0.